The molecule has 4 heteroatoms. The highest BCUT2D eigenvalue weighted by molar-refractivity contribution is 5.89. The summed E-state index contributed by atoms with van der Waals surface area (Å²) in [5, 5.41) is 0. The van der Waals surface area contributed by atoms with E-state index in [2.05, 4.69) is 6.92 Å². The van der Waals surface area contributed by atoms with Crippen molar-refractivity contribution in [3.05, 3.63) is 29.8 Å². The summed E-state index contributed by atoms with van der Waals surface area (Å²) in [7, 11) is 1.66. The summed E-state index contributed by atoms with van der Waals surface area (Å²) in [6.07, 6.45) is 3.85. The van der Waals surface area contributed by atoms with Gasteiger partial charge in [0.05, 0.1) is 18.8 Å². The van der Waals surface area contributed by atoms with Crippen molar-refractivity contribution < 1.29 is 19.0 Å². The molecule has 0 amide bonds. The average Bonchev–Trinajstić information content (AvgIpc) is 2.48. The van der Waals surface area contributed by atoms with Crippen LogP contribution in [0.15, 0.2) is 24.3 Å². The van der Waals surface area contributed by atoms with Gasteiger partial charge in [-0.1, -0.05) is 13.3 Å². The van der Waals surface area contributed by atoms with Gasteiger partial charge in [-0.05, 0) is 43.5 Å². The van der Waals surface area contributed by atoms with E-state index in [1.807, 2.05) is 0 Å². The topological polar surface area (TPSA) is 44.8 Å². The highest BCUT2D eigenvalue weighted by Gasteiger charge is 2.06. The van der Waals surface area contributed by atoms with E-state index in [-0.39, 0.29) is 5.97 Å². The number of carbonyl (C=O) groups is 1. The summed E-state index contributed by atoms with van der Waals surface area (Å²) < 4.78 is 15.7. The molecular formula is C16H24O4. The molecule has 0 aliphatic heterocycles. The molecule has 0 saturated carbocycles. The van der Waals surface area contributed by atoms with E-state index in [1.54, 1.807) is 31.4 Å². The Morgan fingerprint density at radius 1 is 1.00 bits per heavy atom. The second-order valence-electron chi connectivity index (χ2n) is 4.56. The van der Waals surface area contributed by atoms with Crippen LogP contribution in [0.25, 0.3) is 0 Å². The molecule has 0 spiro atoms. The monoisotopic (exact) mass is 280 g/mol. The van der Waals surface area contributed by atoms with E-state index < -0.39 is 0 Å². The standard InChI is InChI=1S/C16H24O4/c1-3-4-12-19-15-9-7-14(8-10-15)16(17)20-13-6-5-11-18-2/h7-10H,3-6,11-13H2,1-2H3. The molecule has 0 saturated heterocycles. The van der Waals surface area contributed by atoms with Gasteiger partial charge in [0.25, 0.3) is 0 Å². The predicted molar refractivity (Wildman–Crippen MR) is 78.2 cm³/mol. The summed E-state index contributed by atoms with van der Waals surface area (Å²) in [6.45, 7) is 3.95. The Hall–Kier alpha value is -1.55. The zero-order valence-corrected chi connectivity index (χ0v) is 12.4. The van der Waals surface area contributed by atoms with Gasteiger partial charge < -0.3 is 14.2 Å². The lowest BCUT2D eigenvalue weighted by Gasteiger charge is -2.07. The maximum Gasteiger partial charge on any atom is 0.338 e. The summed E-state index contributed by atoms with van der Waals surface area (Å²) >= 11 is 0. The number of hydrogen-bond acceptors (Lipinski definition) is 4. The Balaban J connectivity index is 2.30. The smallest absolute Gasteiger partial charge is 0.338 e. The molecule has 1 aromatic rings. The first-order valence-corrected chi connectivity index (χ1v) is 7.17. The molecular weight excluding hydrogens is 256 g/mol. The summed E-state index contributed by atoms with van der Waals surface area (Å²) in [5.41, 5.74) is 0.555. The number of rotatable bonds is 10. The van der Waals surface area contributed by atoms with E-state index in [0.717, 1.165) is 31.4 Å². The van der Waals surface area contributed by atoms with Gasteiger partial charge >= 0.3 is 5.97 Å². The van der Waals surface area contributed by atoms with E-state index in [1.165, 1.54) is 0 Å². The third-order valence-electron chi connectivity index (χ3n) is 2.83. The minimum Gasteiger partial charge on any atom is -0.494 e. The number of ether oxygens (including phenoxy) is 3. The van der Waals surface area contributed by atoms with E-state index >= 15 is 0 Å². The molecule has 1 rings (SSSR count). The molecule has 4 nitrogen and oxygen atoms in total. The van der Waals surface area contributed by atoms with Crippen LogP contribution < -0.4 is 4.74 Å². The Bertz CT molecular complexity index is 373. The third-order valence-corrected chi connectivity index (χ3v) is 2.83. The number of unbranched alkanes of at least 4 members (excludes halogenated alkanes) is 2. The number of methoxy groups -OCH3 is 1. The number of hydrogen-bond donors (Lipinski definition) is 0. The molecule has 0 bridgehead atoms. The molecule has 20 heavy (non-hydrogen) atoms. The molecule has 0 aliphatic rings. The molecule has 0 aliphatic carbocycles. The lowest BCUT2D eigenvalue weighted by molar-refractivity contribution is 0.0489. The average molecular weight is 280 g/mol. The van der Waals surface area contributed by atoms with Gasteiger partial charge in [-0.25, -0.2) is 4.79 Å². The summed E-state index contributed by atoms with van der Waals surface area (Å²) in [5.74, 6) is 0.498. The highest BCUT2D eigenvalue weighted by Crippen LogP contribution is 2.13. The largest absolute Gasteiger partial charge is 0.494 e. The zero-order chi connectivity index (χ0) is 14.6. The molecule has 0 unspecified atom stereocenters. The van der Waals surface area contributed by atoms with Gasteiger partial charge in [0, 0.05) is 13.7 Å². The first kappa shape index (κ1) is 16.5. The number of esters is 1. The molecule has 112 valence electrons. The quantitative estimate of drug-likeness (QED) is 0.486. The van der Waals surface area contributed by atoms with Crippen molar-refractivity contribution in [3.8, 4) is 5.75 Å². The SMILES string of the molecule is CCCCOc1ccc(C(=O)OCCCCOC)cc1. The van der Waals surface area contributed by atoms with Crippen LogP contribution in [-0.2, 0) is 9.47 Å². The lowest BCUT2D eigenvalue weighted by Crippen LogP contribution is -2.07. The van der Waals surface area contributed by atoms with E-state index in [0.29, 0.717) is 25.4 Å². The molecule has 0 atom stereocenters. The Labute approximate surface area is 121 Å². The zero-order valence-electron chi connectivity index (χ0n) is 12.4. The van der Waals surface area contributed by atoms with Gasteiger partial charge in [-0.15, -0.1) is 0 Å². The Morgan fingerprint density at radius 2 is 1.70 bits per heavy atom. The summed E-state index contributed by atoms with van der Waals surface area (Å²) in [6, 6.07) is 7.08. The van der Waals surface area contributed by atoms with Crippen molar-refractivity contribution in [2.75, 3.05) is 26.9 Å². The maximum atomic E-state index is 11.8. The highest BCUT2D eigenvalue weighted by atomic mass is 16.5. The molecule has 0 N–H and O–H groups in total. The van der Waals surface area contributed by atoms with Gasteiger partial charge in [0.2, 0.25) is 0 Å². The van der Waals surface area contributed by atoms with Gasteiger partial charge in [-0.3, -0.25) is 0 Å². The van der Waals surface area contributed by atoms with Crippen LogP contribution in [0.2, 0.25) is 0 Å². The van der Waals surface area contributed by atoms with Crippen molar-refractivity contribution in [1.29, 1.82) is 0 Å². The molecule has 0 fully saturated rings. The van der Waals surface area contributed by atoms with E-state index in [4.69, 9.17) is 14.2 Å². The van der Waals surface area contributed by atoms with Crippen LogP contribution in [0.1, 0.15) is 43.0 Å². The second kappa shape index (κ2) is 10.3. The van der Waals surface area contributed by atoms with Crippen molar-refractivity contribution >= 4 is 5.97 Å². The molecule has 0 heterocycles. The molecule has 0 radical (unpaired) electrons. The minimum atomic E-state index is -0.289. The molecule has 1 aromatic carbocycles. The number of carbonyl (C=O) groups excluding carboxylic acids is 1. The fourth-order valence-electron chi connectivity index (χ4n) is 1.62. The molecule has 0 aromatic heterocycles. The van der Waals surface area contributed by atoms with Crippen LogP contribution in [0.4, 0.5) is 0 Å². The van der Waals surface area contributed by atoms with Crippen LogP contribution >= 0.6 is 0 Å². The van der Waals surface area contributed by atoms with E-state index in [9.17, 15) is 4.79 Å². The Morgan fingerprint density at radius 3 is 2.35 bits per heavy atom. The first-order valence-electron chi connectivity index (χ1n) is 7.17. The third kappa shape index (κ3) is 6.57. The van der Waals surface area contributed by atoms with Gasteiger partial charge in [-0.2, -0.15) is 0 Å². The predicted octanol–water partition coefficient (Wildman–Crippen LogP) is 3.45. The van der Waals surface area contributed by atoms with Crippen molar-refractivity contribution in [1.82, 2.24) is 0 Å². The second-order valence-corrected chi connectivity index (χ2v) is 4.56. The van der Waals surface area contributed by atoms with Crippen LogP contribution in [0.5, 0.6) is 5.75 Å². The van der Waals surface area contributed by atoms with Gasteiger partial charge in [0.1, 0.15) is 5.75 Å². The van der Waals surface area contributed by atoms with Crippen molar-refractivity contribution in [3.63, 3.8) is 0 Å². The van der Waals surface area contributed by atoms with Crippen LogP contribution in [0, 0.1) is 0 Å². The fourth-order valence-corrected chi connectivity index (χ4v) is 1.62. The lowest BCUT2D eigenvalue weighted by atomic mass is 10.2. The fraction of sp³-hybridized carbons (Fsp3) is 0.562. The van der Waals surface area contributed by atoms with Crippen molar-refractivity contribution in [2.45, 2.75) is 32.6 Å². The Kier molecular flexibility index (Phi) is 8.47. The first-order chi connectivity index (χ1) is 9.77. The van der Waals surface area contributed by atoms with Crippen molar-refractivity contribution in [2.24, 2.45) is 0 Å². The van der Waals surface area contributed by atoms with Crippen LogP contribution in [0.3, 0.4) is 0 Å². The normalized spacial score (nSPS) is 10.3. The maximum absolute atomic E-state index is 11.8. The van der Waals surface area contributed by atoms with Gasteiger partial charge in [0.15, 0.2) is 0 Å². The summed E-state index contributed by atoms with van der Waals surface area (Å²) in [4.78, 5) is 11.8. The number of benzene rings is 1. The minimum absolute atomic E-state index is 0.289. The van der Waals surface area contributed by atoms with Crippen LogP contribution in [-0.4, -0.2) is 32.9 Å².